The van der Waals surface area contributed by atoms with Gasteiger partial charge in [0.1, 0.15) is 12.6 Å². The largest absolute Gasteiger partial charge is 0.480 e. The average molecular weight is 501 g/mol. The molecule has 0 spiro atoms. The second-order valence-corrected chi connectivity index (χ2v) is 8.57. The summed E-state index contributed by atoms with van der Waals surface area (Å²) in [6.45, 7) is 0.124. The molecule has 0 radical (unpaired) electrons. The number of carbonyl (C=O) groups is 2. The van der Waals surface area contributed by atoms with Crippen LogP contribution < -0.4 is 5.32 Å². The van der Waals surface area contributed by atoms with Crippen LogP contribution in [0, 0.1) is 0 Å². The van der Waals surface area contributed by atoms with Crippen LogP contribution in [-0.2, 0) is 16.0 Å². The predicted octanol–water partition coefficient (Wildman–Crippen LogP) is 5.64. The number of carbonyl (C=O) groups excluding carboxylic acids is 1. The van der Waals surface area contributed by atoms with Gasteiger partial charge >= 0.3 is 12.1 Å². The first-order valence-corrected chi connectivity index (χ1v) is 10.9. The van der Waals surface area contributed by atoms with Gasteiger partial charge in [-0.15, -0.1) is 0 Å². The molecule has 0 saturated carbocycles. The first-order chi connectivity index (χ1) is 14.9. The van der Waals surface area contributed by atoms with Crippen molar-refractivity contribution in [3.05, 3.63) is 92.9 Å². The van der Waals surface area contributed by atoms with Gasteiger partial charge in [-0.2, -0.15) is 0 Å². The summed E-state index contributed by atoms with van der Waals surface area (Å²) in [6, 6.07) is 20.1. The van der Waals surface area contributed by atoms with E-state index in [2.05, 4.69) is 33.4 Å². The van der Waals surface area contributed by atoms with Gasteiger partial charge in [-0.3, -0.25) is 0 Å². The second-order valence-electron chi connectivity index (χ2n) is 7.31. The van der Waals surface area contributed by atoms with Crippen molar-refractivity contribution in [2.24, 2.45) is 0 Å². The lowest BCUT2D eigenvalue weighted by molar-refractivity contribution is -0.139. The Morgan fingerprint density at radius 1 is 1.03 bits per heavy atom. The van der Waals surface area contributed by atoms with Crippen LogP contribution in [0.1, 0.15) is 22.6 Å². The topological polar surface area (TPSA) is 75.6 Å². The number of amides is 1. The maximum Gasteiger partial charge on any atom is 0.407 e. The summed E-state index contributed by atoms with van der Waals surface area (Å²) in [7, 11) is 0. The van der Waals surface area contributed by atoms with Gasteiger partial charge in [-0.1, -0.05) is 66.2 Å². The minimum absolute atomic E-state index is 0.0892. The van der Waals surface area contributed by atoms with Crippen molar-refractivity contribution in [3.8, 4) is 11.1 Å². The Morgan fingerprint density at radius 2 is 1.65 bits per heavy atom. The van der Waals surface area contributed by atoms with Crippen molar-refractivity contribution in [2.45, 2.75) is 18.4 Å². The van der Waals surface area contributed by atoms with E-state index in [1.54, 1.807) is 18.2 Å². The zero-order valence-corrected chi connectivity index (χ0v) is 18.7. The molecular weight excluding hydrogens is 482 g/mol. The number of benzene rings is 3. The molecule has 1 unspecified atom stereocenters. The molecule has 1 aliphatic rings. The van der Waals surface area contributed by atoms with Crippen molar-refractivity contribution < 1.29 is 19.4 Å². The number of rotatable bonds is 6. The zero-order chi connectivity index (χ0) is 22.0. The number of nitrogens with one attached hydrogen (secondary N) is 1. The highest BCUT2D eigenvalue weighted by Crippen LogP contribution is 2.44. The molecule has 4 rings (SSSR count). The van der Waals surface area contributed by atoms with Gasteiger partial charge in [0.2, 0.25) is 0 Å². The highest BCUT2D eigenvalue weighted by Gasteiger charge is 2.29. The molecule has 0 aliphatic heterocycles. The molecule has 31 heavy (non-hydrogen) atoms. The van der Waals surface area contributed by atoms with E-state index in [-0.39, 0.29) is 18.9 Å². The van der Waals surface area contributed by atoms with Gasteiger partial charge < -0.3 is 15.2 Å². The van der Waals surface area contributed by atoms with Gasteiger partial charge in [0.15, 0.2) is 0 Å². The van der Waals surface area contributed by atoms with E-state index in [4.69, 9.17) is 16.3 Å². The number of hydrogen-bond acceptors (Lipinski definition) is 3. The van der Waals surface area contributed by atoms with Crippen molar-refractivity contribution in [1.82, 2.24) is 5.32 Å². The van der Waals surface area contributed by atoms with Gasteiger partial charge in [-0.05, 0) is 55.9 Å². The fourth-order valence-corrected chi connectivity index (χ4v) is 4.43. The quantitative estimate of drug-likeness (QED) is 0.459. The van der Waals surface area contributed by atoms with Crippen molar-refractivity contribution in [2.75, 3.05) is 6.61 Å². The number of hydrogen-bond donors (Lipinski definition) is 2. The Kier molecular flexibility index (Phi) is 6.30. The highest BCUT2D eigenvalue weighted by atomic mass is 79.9. The smallest absolute Gasteiger partial charge is 0.407 e. The minimum atomic E-state index is -1.14. The van der Waals surface area contributed by atoms with Crippen LogP contribution in [0.3, 0.4) is 0 Å². The molecule has 7 heteroatoms. The Morgan fingerprint density at radius 3 is 2.23 bits per heavy atom. The van der Waals surface area contributed by atoms with Gasteiger partial charge in [0.05, 0.1) is 5.02 Å². The fraction of sp³-hybridized carbons (Fsp3) is 0.167. The van der Waals surface area contributed by atoms with Crippen molar-refractivity contribution in [3.63, 3.8) is 0 Å². The summed E-state index contributed by atoms with van der Waals surface area (Å²) in [5.74, 6) is -1.23. The molecule has 3 aromatic carbocycles. The first-order valence-electron chi connectivity index (χ1n) is 9.72. The maximum absolute atomic E-state index is 12.4. The molecule has 3 aromatic rings. The maximum atomic E-state index is 12.4. The standard InChI is InChI=1S/C24H19BrClNO4/c25-20-11-14(9-10-21(20)26)12-22(23(28)29)27-24(30)31-13-19-17-7-3-1-5-15(17)16-6-2-4-8-18(16)19/h1-11,19,22H,12-13H2,(H,27,30)(H,28,29). The van der Waals surface area contributed by atoms with Crippen molar-refractivity contribution >= 4 is 39.6 Å². The number of carboxylic acid groups (broad SMARTS) is 1. The average Bonchev–Trinajstić information content (AvgIpc) is 3.08. The van der Waals surface area contributed by atoms with E-state index < -0.39 is 18.1 Å². The summed E-state index contributed by atoms with van der Waals surface area (Å²) in [5.41, 5.74) is 5.17. The Hall–Kier alpha value is -2.83. The number of carboxylic acids is 1. The van der Waals surface area contributed by atoms with Crippen LogP contribution in [0.25, 0.3) is 11.1 Å². The molecular formula is C24H19BrClNO4. The lowest BCUT2D eigenvalue weighted by atomic mass is 9.98. The third-order valence-corrected chi connectivity index (χ3v) is 6.57. The summed E-state index contributed by atoms with van der Waals surface area (Å²) < 4.78 is 6.12. The van der Waals surface area contributed by atoms with E-state index >= 15 is 0 Å². The number of fused-ring (bicyclic) bond motifs is 3. The molecule has 5 nitrogen and oxygen atoms in total. The van der Waals surface area contributed by atoms with E-state index in [0.717, 1.165) is 27.8 Å². The van der Waals surface area contributed by atoms with E-state index in [9.17, 15) is 14.7 Å². The van der Waals surface area contributed by atoms with E-state index in [1.807, 2.05) is 36.4 Å². The van der Waals surface area contributed by atoms with Gasteiger partial charge in [0, 0.05) is 16.8 Å². The van der Waals surface area contributed by atoms with Crippen LogP contribution in [0.4, 0.5) is 4.79 Å². The summed E-state index contributed by atoms with van der Waals surface area (Å²) in [5, 5.41) is 12.5. The number of ether oxygens (including phenoxy) is 1. The fourth-order valence-electron chi connectivity index (χ4n) is 3.88. The molecule has 0 fully saturated rings. The predicted molar refractivity (Wildman–Crippen MR) is 122 cm³/mol. The molecule has 2 N–H and O–H groups in total. The molecule has 158 valence electrons. The third-order valence-electron chi connectivity index (χ3n) is 5.36. The van der Waals surface area contributed by atoms with E-state index in [0.29, 0.717) is 9.50 Å². The molecule has 1 amide bonds. The van der Waals surface area contributed by atoms with E-state index in [1.165, 1.54) is 0 Å². The molecule has 1 atom stereocenters. The lowest BCUT2D eigenvalue weighted by Gasteiger charge is -2.17. The molecule has 1 aliphatic carbocycles. The molecule has 0 aromatic heterocycles. The highest BCUT2D eigenvalue weighted by molar-refractivity contribution is 9.10. The summed E-state index contributed by atoms with van der Waals surface area (Å²) in [6.07, 6.45) is -0.655. The molecule has 0 saturated heterocycles. The lowest BCUT2D eigenvalue weighted by Crippen LogP contribution is -2.42. The number of aliphatic carboxylic acids is 1. The third kappa shape index (κ3) is 4.60. The van der Waals surface area contributed by atoms with Crippen LogP contribution in [0.15, 0.2) is 71.2 Å². The Labute approximate surface area is 193 Å². The summed E-state index contributed by atoms with van der Waals surface area (Å²) in [4.78, 5) is 24.1. The monoisotopic (exact) mass is 499 g/mol. The molecule has 0 heterocycles. The zero-order valence-electron chi connectivity index (χ0n) is 16.3. The SMILES string of the molecule is O=C(NC(Cc1ccc(Cl)c(Br)c1)C(=O)O)OCC1c2ccccc2-c2ccccc21. The van der Waals surface area contributed by atoms with Gasteiger partial charge in [0.25, 0.3) is 0 Å². The summed E-state index contributed by atoms with van der Waals surface area (Å²) >= 11 is 9.31. The molecule has 0 bridgehead atoms. The normalized spacial score (nSPS) is 13.2. The first kappa shape index (κ1) is 21.4. The Bertz CT molecular complexity index is 1100. The van der Waals surface area contributed by atoms with Crippen molar-refractivity contribution in [1.29, 1.82) is 0 Å². The van der Waals surface area contributed by atoms with Crippen LogP contribution >= 0.6 is 27.5 Å². The Balaban J connectivity index is 1.43. The van der Waals surface area contributed by atoms with Gasteiger partial charge in [-0.25, -0.2) is 9.59 Å². The van der Waals surface area contributed by atoms with Crippen LogP contribution in [0.5, 0.6) is 0 Å². The minimum Gasteiger partial charge on any atom is -0.480 e. The van der Waals surface area contributed by atoms with Crippen LogP contribution in [0.2, 0.25) is 5.02 Å². The number of halogens is 2. The number of alkyl carbamates (subject to hydrolysis) is 1. The van der Waals surface area contributed by atoms with Crippen LogP contribution in [-0.4, -0.2) is 29.8 Å². The second kappa shape index (κ2) is 9.12.